The van der Waals surface area contributed by atoms with E-state index in [9.17, 15) is 14.7 Å². The molecule has 1 heterocycles. The van der Waals surface area contributed by atoms with Crippen molar-refractivity contribution in [3.63, 3.8) is 0 Å². The summed E-state index contributed by atoms with van der Waals surface area (Å²) in [6.07, 6.45) is 6.01. The zero-order chi connectivity index (χ0) is 22.9. The third-order valence-corrected chi connectivity index (χ3v) is 6.27. The second kappa shape index (κ2) is 8.48. The Labute approximate surface area is 195 Å². The molecule has 4 aromatic rings. The fraction of sp³-hybridized carbons (Fsp3) is 0.0741. The van der Waals surface area contributed by atoms with Crippen molar-refractivity contribution in [1.29, 1.82) is 0 Å². The van der Waals surface area contributed by atoms with Crippen LogP contribution in [0.5, 0.6) is 0 Å². The number of aromatic carboxylic acids is 1. The van der Waals surface area contributed by atoms with E-state index in [0.29, 0.717) is 4.64 Å². The summed E-state index contributed by atoms with van der Waals surface area (Å²) >= 11 is 5.63. The van der Waals surface area contributed by atoms with E-state index in [1.165, 1.54) is 6.07 Å². The second-order valence-electron chi connectivity index (χ2n) is 8.00. The lowest BCUT2D eigenvalue weighted by molar-refractivity contribution is 0.0696. The Morgan fingerprint density at radius 3 is 2.18 bits per heavy atom. The van der Waals surface area contributed by atoms with Gasteiger partial charge in [0.1, 0.15) is 4.64 Å². The number of nitrogens with one attached hydrogen (secondary N) is 1. The van der Waals surface area contributed by atoms with Crippen LogP contribution < -0.4 is 5.69 Å². The molecule has 33 heavy (non-hydrogen) atoms. The summed E-state index contributed by atoms with van der Waals surface area (Å²) in [6, 6.07) is 23.0. The summed E-state index contributed by atoms with van der Waals surface area (Å²) in [4.78, 5) is 26.9. The molecule has 0 radical (unpaired) electrons. The van der Waals surface area contributed by atoms with Crippen LogP contribution in [0, 0.1) is 4.64 Å². The minimum absolute atomic E-state index is 0.159. The molecule has 0 saturated heterocycles. The van der Waals surface area contributed by atoms with Gasteiger partial charge in [0.25, 0.3) is 0 Å². The summed E-state index contributed by atoms with van der Waals surface area (Å²) < 4.78 is 1.95. The van der Waals surface area contributed by atoms with Crippen molar-refractivity contribution in [2.75, 3.05) is 0 Å². The normalized spacial score (nSPS) is 12.6. The zero-order valence-electron chi connectivity index (χ0n) is 17.6. The largest absolute Gasteiger partial charge is 0.478 e. The number of carboxylic acids is 1. The average molecular weight is 453 g/mol. The predicted octanol–water partition coefficient (Wildman–Crippen LogP) is 5.32. The maximum absolute atomic E-state index is 12.8. The van der Waals surface area contributed by atoms with Crippen molar-refractivity contribution < 1.29 is 9.90 Å². The Balaban J connectivity index is 1.67. The number of aromatic amines is 1. The standard InChI is InChI=1S/C27H20N2O3S/c30-26(31)20-9-5-6-17(14-20)15-29-16-23(25(33)28-27(29)32)24-21-10-3-1-7-18(21)12-13-19-8-2-4-11-22(19)24/h1-14,16,24H,15H2,(H,30,31)(H,28,32,33). The maximum atomic E-state index is 12.8. The van der Waals surface area contributed by atoms with Crippen molar-refractivity contribution in [3.8, 4) is 0 Å². The van der Waals surface area contributed by atoms with Gasteiger partial charge in [-0.1, -0.05) is 85.0 Å². The van der Waals surface area contributed by atoms with Crippen LogP contribution in [-0.2, 0) is 6.54 Å². The van der Waals surface area contributed by atoms with Gasteiger partial charge in [0.05, 0.1) is 12.1 Å². The molecular weight excluding hydrogens is 432 g/mol. The van der Waals surface area contributed by atoms with Gasteiger partial charge >= 0.3 is 11.7 Å². The maximum Gasteiger partial charge on any atom is 0.335 e. The van der Waals surface area contributed by atoms with E-state index in [0.717, 1.165) is 33.4 Å². The van der Waals surface area contributed by atoms with Crippen LogP contribution in [-0.4, -0.2) is 20.6 Å². The lowest BCUT2D eigenvalue weighted by Gasteiger charge is -2.22. The fourth-order valence-corrected chi connectivity index (χ4v) is 4.64. The Bertz CT molecular complexity index is 1480. The van der Waals surface area contributed by atoms with Gasteiger partial charge in [-0.15, -0.1) is 0 Å². The second-order valence-corrected chi connectivity index (χ2v) is 8.41. The molecule has 5 rings (SSSR count). The third kappa shape index (κ3) is 3.97. The number of carbonyl (C=O) groups is 1. The number of benzene rings is 3. The average Bonchev–Trinajstić information content (AvgIpc) is 2.98. The molecule has 1 aliphatic rings. The molecule has 0 atom stereocenters. The first-order chi connectivity index (χ1) is 16.0. The van der Waals surface area contributed by atoms with Gasteiger partial charge in [0, 0.05) is 17.7 Å². The molecule has 0 aliphatic heterocycles. The quantitative estimate of drug-likeness (QED) is 0.362. The number of fused-ring (bicyclic) bond motifs is 2. The highest BCUT2D eigenvalue weighted by Gasteiger charge is 2.25. The van der Waals surface area contributed by atoms with Crippen LogP contribution in [0.3, 0.4) is 0 Å². The highest BCUT2D eigenvalue weighted by atomic mass is 32.1. The summed E-state index contributed by atoms with van der Waals surface area (Å²) in [5, 5.41) is 9.30. The van der Waals surface area contributed by atoms with Crippen molar-refractivity contribution in [1.82, 2.24) is 9.55 Å². The molecule has 3 aromatic carbocycles. The van der Waals surface area contributed by atoms with Crippen molar-refractivity contribution in [3.05, 3.63) is 133 Å². The Morgan fingerprint density at radius 1 is 0.909 bits per heavy atom. The molecule has 0 unspecified atom stereocenters. The SMILES string of the molecule is O=C(O)c1cccc(Cn2cc(C3c4ccccc4C=Cc4ccccc43)c(=S)[nH]c2=O)c1. The molecule has 5 nitrogen and oxygen atoms in total. The van der Waals surface area contributed by atoms with Crippen molar-refractivity contribution >= 4 is 30.3 Å². The van der Waals surface area contributed by atoms with Crippen LogP contribution in [0.1, 0.15) is 49.7 Å². The van der Waals surface area contributed by atoms with Crippen LogP contribution in [0.2, 0.25) is 0 Å². The van der Waals surface area contributed by atoms with Crippen LogP contribution in [0.4, 0.5) is 0 Å². The van der Waals surface area contributed by atoms with Crippen LogP contribution >= 0.6 is 12.2 Å². The molecular formula is C27H20N2O3S. The van der Waals surface area contributed by atoms with Crippen molar-refractivity contribution in [2.24, 2.45) is 0 Å². The molecule has 0 saturated carbocycles. The summed E-state index contributed by atoms with van der Waals surface area (Å²) in [7, 11) is 0. The number of aromatic nitrogens is 2. The van der Waals surface area contributed by atoms with Crippen LogP contribution in [0.25, 0.3) is 12.2 Å². The molecule has 162 valence electrons. The zero-order valence-corrected chi connectivity index (χ0v) is 18.4. The molecule has 1 aliphatic carbocycles. The minimum Gasteiger partial charge on any atom is -0.478 e. The third-order valence-electron chi connectivity index (χ3n) is 5.93. The lowest BCUT2D eigenvalue weighted by atomic mass is 9.83. The van der Waals surface area contributed by atoms with E-state index in [-0.39, 0.29) is 23.7 Å². The van der Waals surface area contributed by atoms with E-state index in [1.54, 1.807) is 29.0 Å². The first kappa shape index (κ1) is 20.8. The Kier molecular flexibility index (Phi) is 5.36. The fourth-order valence-electron chi connectivity index (χ4n) is 4.38. The molecule has 6 heteroatoms. The van der Waals surface area contributed by atoms with E-state index < -0.39 is 5.97 Å². The highest BCUT2D eigenvalue weighted by molar-refractivity contribution is 7.71. The number of hydrogen-bond acceptors (Lipinski definition) is 3. The van der Waals surface area contributed by atoms with E-state index >= 15 is 0 Å². The topological polar surface area (TPSA) is 75.1 Å². The minimum atomic E-state index is -1.00. The molecule has 1 aromatic heterocycles. The van der Waals surface area contributed by atoms with Gasteiger partial charge in [-0.25, -0.2) is 9.59 Å². The van der Waals surface area contributed by atoms with E-state index in [4.69, 9.17) is 12.2 Å². The predicted molar refractivity (Wildman–Crippen MR) is 131 cm³/mol. The number of nitrogens with zero attached hydrogens (tertiary/aromatic N) is 1. The van der Waals surface area contributed by atoms with Gasteiger partial charge in [0.2, 0.25) is 0 Å². The number of rotatable bonds is 4. The summed E-state index contributed by atoms with van der Waals surface area (Å²) in [6.45, 7) is 0.229. The first-order valence-electron chi connectivity index (χ1n) is 10.5. The van der Waals surface area contributed by atoms with E-state index in [2.05, 4.69) is 41.4 Å². The van der Waals surface area contributed by atoms with Gasteiger partial charge in [-0.2, -0.15) is 0 Å². The summed E-state index contributed by atoms with van der Waals surface area (Å²) in [5.41, 5.74) is 5.80. The molecule has 0 amide bonds. The Hall–Kier alpha value is -4.03. The van der Waals surface area contributed by atoms with Crippen molar-refractivity contribution in [2.45, 2.75) is 12.5 Å². The smallest absolute Gasteiger partial charge is 0.335 e. The van der Waals surface area contributed by atoms with E-state index in [1.807, 2.05) is 24.3 Å². The first-order valence-corrected chi connectivity index (χ1v) is 10.9. The molecule has 0 bridgehead atoms. The van der Waals surface area contributed by atoms with Crippen LogP contribution in [0.15, 0.2) is 83.8 Å². The highest BCUT2D eigenvalue weighted by Crippen LogP contribution is 2.39. The van der Waals surface area contributed by atoms with Gasteiger partial charge in [-0.3, -0.25) is 9.55 Å². The molecule has 0 fully saturated rings. The lowest BCUT2D eigenvalue weighted by Crippen LogP contribution is -2.25. The monoisotopic (exact) mass is 452 g/mol. The number of hydrogen-bond donors (Lipinski definition) is 2. The molecule has 2 N–H and O–H groups in total. The van der Waals surface area contributed by atoms with Gasteiger partial charge in [-0.05, 0) is 39.9 Å². The van der Waals surface area contributed by atoms with Gasteiger partial charge < -0.3 is 5.11 Å². The number of carboxylic acid groups (broad SMARTS) is 1. The molecule has 0 spiro atoms. The Morgan fingerprint density at radius 2 is 1.55 bits per heavy atom. The van der Waals surface area contributed by atoms with Gasteiger partial charge in [0.15, 0.2) is 0 Å². The summed E-state index contributed by atoms with van der Waals surface area (Å²) in [5.74, 6) is -1.16. The number of H-pyrrole nitrogens is 1.